The molecule has 1 heterocycles. The Morgan fingerprint density at radius 2 is 2.18 bits per heavy atom. The molecule has 0 fully saturated rings. The summed E-state index contributed by atoms with van der Waals surface area (Å²) in [6.07, 6.45) is 0. The van der Waals surface area contributed by atoms with Crippen molar-refractivity contribution in [3.63, 3.8) is 0 Å². The zero-order valence-corrected chi connectivity index (χ0v) is 6.73. The van der Waals surface area contributed by atoms with Gasteiger partial charge >= 0.3 is 0 Å². The molecule has 0 bridgehead atoms. The van der Waals surface area contributed by atoms with Gasteiger partial charge in [-0.25, -0.2) is 4.98 Å². The van der Waals surface area contributed by atoms with Crippen molar-refractivity contribution in [1.82, 2.24) is 9.97 Å². The number of halogens is 1. The van der Waals surface area contributed by atoms with E-state index in [1.54, 1.807) is 6.92 Å². The van der Waals surface area contributed by atoms with Crippen LogP contribution in [0.4, 0.5) is 5.82 Å². The minimum atomic E-state index is -0.585. The first-order chi connectivity index (χ1) is 4.61. The number of rotatable bonds is 1. The van der Waals surface area contributed by atoms with Crippen LogP contribution in [-0.4, -0.2) is 15.9 Å². The number of hydrogen-bond acceptors (Lipinski definition) is 3. The summed E-state index contributed by atoms with van der Waals surface area (Å²) in [7, 11) is 0. The second-order valence-corrected chi connectivity index (χ2v) is 1.95. The normalized spacial score (nSPS) is 8.82. The molecule has 0 aromatic carbocycles. The standard InChI is InChI=1S/C5H8N4O.ClH/c1-2-8-3(5(7)10)4(6)9-2;/h6H2,1H3,(H2,7,10)(H,8,9);1H. The van der Waals surface area contributed by atoms with Gasteiger partial charge in [-0.05, 0) is 6.92 Å². The smallest absolute Gasteiger partial charge is 0.269 e. The van der Waals surface area contributed by atoms with Crippen molar-refractivity contribution >= 4 is 24.1 Å². The van der Waals surface area contributed by atoms with Crippen molar-refractivity contribution in [2.45, 2.75) is 6.92 Å². The van der Waals surface area contributed by atoms with E-state index in [9.17, 15) is 4.79 Å². The Hall–Kier alpha value is -1.23. The molecular formula is C5H9ClN4O. The second kappa shape index (κ2) is 3.25. The fourth-order valence-corrected chi connectivity index (χ4v) is 0.697. The monoisotopic (exact) mass is 176 g/mol. The quantitative estimate of drug-likeness (QED) is 0.554. The largest absolute Gasteiger partial charge is 0.382 e. The van der Waals surface area contributed by atoms with Crippen LogP contribution in [0.1, 0.15) is 16.3 Å². The number of nitrogens with one attached hydrogen (secondary N) is 1. The SMILES string of the molecule is Cc1nc(N)c(C(N)=O)[nH]1.Cl. The molecule has 11 heavy (non-hydrogen) atoms. The first kappa shape index (κ1) is 9.77. The van der Waals surface area contributed by atoms with Gasteiger partial charge < -0.3 is 16.5 Å². The number of hydrogen-bond donors (Lipinski definition) is 3. The van der Waals surface area contributed by atoms with E-state index in [1.807, 2.05) is 0 Å². The molecule has 1 aromatic rings. The summed E-state index contributed by atoms with van der Waals surface area (Å²) in [5, 5.41) is 0. The van der Waals surface area contributed by atoms with Gasteiger partial charge in [0.2, 0.25) is 0 Å². The average molecular weight is 177 g/mol. The number of nitrogens with two attached hydrogens (primary N) is 2. The molecule has 0 aliphatic heterocycles. The van der Waals surface area contributed by atoms with Crippen LogP contribution < -0.4 is 11.5 Å². The zero-order chi connectivity index (χ0) is 7.72. The summed E-state index contributed by atoms with van der Waals surface area (Å²) < 4.78 is 0. The number of carbonyl (C=O) groups excluding carboxylic acids is 1. The molecule has 0 unspecified atom stereocenters. The van der Waals surface area contributed by atoms with Gasteiger partial charge in [0, 0.05) is 0 Å². The van der Waals surface area contributed by atoms with Crippen LogP contribution in [0, 0.1) is 6.92 Å². The Kier molecular flexibility index (Phi) is 2.88. The zero-order valence-electron chi connectivity index (χ0n) is 5.92. The Morgan fingerprint density at radius 1 is 1.64 bits per heavy atom. The topological polar surface area (TPSA) is 97.8 Å². The molecule has 6 heteroatoms. The first-order valence-corrected chi connectivity index (χ1v) is 2.73. The third-order valence-electron chi connectivity index (χ3n) is 1.10. The summed E-state index contributed by atoms with van der Waals surface area (Å²) in [4.78, 5) is 16.9. The van der Waals surface area contributed by atoms with Gasteiger partial charge in [-0.15, -0.1) is 12.4 Å². The van der Waals surface area contributed by atoms with E-state index in [2.05, 4.69) is 9.97 Å². The number of primary amides is 1. The summed E-state index contributed by atoms with van der Waals surface area (Å²) in [5.74, 6) is 0.161. The highest BCUT2D eigenvalue weighted by Crippen LogP contribution is 2.05. The summed E-state index contributed by atoms with van der Waals surface area (Å²) in [6.45, 7) is 1.70. The molecule has 0 atom stereocenters. The van der Waals surface area contributed by atoms with E-state index in [1.165, 1.54) is 0 Å². The van der Waals surface area contributed by atoms with Gasteiger partial charge in [-0.1, -0.05) is 0 Å². The van der Waals surface area contributed by atoms with Crippen LogP contribution in [0.2, 0.25) is 0 Å². The summed E-state index contributed by atoms with van der Waals surface area (Å²) in [5.41, 5.74) is 10.4. The van der Waals surface area contributed by atoms with Crippen LogP contribution in [0.25, 0.3) is 0 Å². The molecule has 62 valence electrons. The number of imidazole rings is 1. The Bertz CT molecular complexity index is 269. The van der Waals surface area contributed by atoms with Crippen LogP contribution >= 0.6 is 12.4 Å². The van der Waals surface area contributed by atoms with Crippen LogP contribution in [-0.2, 0) is 0 Å². The molecule has 0 saturated heterocycles. The number of nitrogens with zero attached hydrogens (tertiary/aromatic N) is 1. The number of aromatic nitrogens is 2. The predicted octanol–water partition coefficient (Wildman–Crippen LogP) is -0.179. The van der Waals surface area contributed by atoms with E-state index in [-0.39, 0.29) is 23.9 Å². The lowest BCUT2D eigenvalue weighted by molar-refractivity contribution is 0.0997. The minimum Gasteiger partial charge on any atom is -0.382 e. The van der Waals surface area contributed by atoms with Crippen LogP contribution in [0.15, 0.2) is 0 Å². The number of nitrogen functional groups attached to an aromatic ring is 1. The number of amides is 1. The highest BCUT2D eigenvalue weighted by molar-refractivity contribution is 5.95. The van der Waals surface area contributed by atoms with Gasteiger partial charge in [0.15, 0.2) is 5.82 Å². The van der Waals surface area contributed by atoms with Crippen molar-refractivity contribution in [2.24, 2.45) is 5.73 Å². The number of anilines is 1. The van der Waals surface area contributed by atoms with E-state index in [4.69, 9.17) is 11.5 Å². The van der Waals surface area contributed by atoms with Gasteiger partial charge in [0.1, 0.15) is 11.5 Å². The molecule has 0 aliphatic carbocycles. The maximum Gasteiger partial charge on any atom is 0.269 e. The van der Waals surface area contributed by atoms with E-state index < -0.39 is 5.91 Å². The molecule has 0 saturated carbocycles. The summed E-state index contributed by atoms with van der Waals surface area (Å²) in [6, 6.07) is 0. The summed E-state index contributed by atoms with van der Waals surface area (Å²) >= 11 is 0. The lowest BCUT2D eigenvalue weighted by atomic mass is 10.4. The number of H-pyrrole nitrogens is 1. The lowest BCUT2D eigenvalue weighted by Crippen LogP contribution is -2.13. The molecular weight excluding hydrogens is 168 g/mol. The van der Waals surface area contributed by atoms with Gasteiger partial charge in [-0.2, -0.15) is 0 Å². The maximum absolute atomic E-state index is 10.5. The highest BCUT2D eigenvalue weighted by Gasteiger charge is 2.08. The first-order valence-electron chi connectivity index (χ1n) is 2.73. The fourth-order valence-electron chi connectivity index (χ4n) is 0.697. The average Bonchev–Trinajstić information content (AvgIpc) is 2.10. The lowest BCUT2D eigenvalue weighted by Gasteiger charge is -1.87. The van der Waals surface area contributed by atoms with Crippen molar-refractivity contribution in [3.05, 3.63) is 11.5 Å². The third-order valence-corrected chi connectivity index (χ3v) is 1.10. The Morgan fingerprint density at radius 3 is 2.36 bits per heavy atom. The molecule has 0 aliphatic rings. The number of aryl methyl sites for hydroxylation is 1. The second-order valence-electron chi connectivity index (χ2n) is 1.95. The minimum absolute atomic E-state index is 0. The van der Waals surface area contributed by atoms with Crippen molar-refractivity contribution in [3.8, 4) is 0 Å². The molecule has 1 aromatic heterocycles. The molecule has 5 nitrogen and oxygen atoms in total. The van der Waals surface area contributed by atoms with Gasteiger partial charge in [-0.3, -0.25) is 4.79 Å². The van der Waals surface area contributed by atoms with Gasteiger partial charge in [0.05, 0.1) is 0 Å². The van der Waals surface area contributed by atoms with Crippen LogP contribution in [0.3, 0.4) is 0 Å². The van der Waals surface area contributed by atoms with Crippen molar-refractivity contribution in [2.75, 3.05) is 5.73 Å². The third kappa shape index (κ3) is 1.84. The van der Waals surface area contributed by atoms with Crippen molar-refractivity contribution < 1.29 is 4.79 Å². The van der Waals surface area contributed by atoms with Gasteiger partial charge in [0.25, 0.3) is 5.91 Å². The van der Waals surface area contributed by atoms with E-state index in [0.717, 1.165) is 0 Å². The van der Waals surface area contributed by atoms with E-state index in [0.29, 0.717) is 5.82 Å². The number of carbonyl (C=O) groups is 1. The molecule has 1 rings (SSSR count). The molecule has 0 radical (unpaired) electrons. The van der Waals surface area contributed by atoms with E-state index >= 15 is 0 Å². The number of aromatic amines is 1. The van der Waals surface area contributed by atoms with Crippen LogP contribution in [0.5, 0.6) is 0 Å². The Labute approximate surface area is 69.6 Å². The highest BCUT2D eigenvalue weighted by atomic mass is 35.5. The maximum atomic E-state index is 10.5. The molecule has 1 amide bonds. The molecule has 0 spiro atoms. The van der Waals surface area contributed by atoms with Crippen molar-refractivity contribution in [1.29, 1.82) is 0 Å². The Balaban J connectivity index is 0.000001000. The predicted molar refractivity (Wildman–Crippen MR) is 43.5 cm³/mol. The molecule has 5 N–H and O–H groups in total. The fraction of sp³-hybridized carbons (Fsp3) is 0.200.